The molecule has 0 aliphatic rings. The Labute approximate surface area is 294 Å². The Morgan fingerprint density at radius 2 is 1.12 bits per heavy atom. The van der Waals surface area contributed by atoms with Gasteiger partial charge in [0.25, 0.3) is 0 Å². The predicted molar refractivity (Wildman–Crippen MR) is 216 cm³/mol. The number of hydrogen-bond donors (Lipinski definition) is 0. The fourth-order valence-electron chi connectivity index (χ4n) is 7.86. The normalized spacial score (nSPS) is 12.2. The minimum absolute atomic E-state index is 0.542. The molecule has 4 nitrogen and oxygen atoms in total. The van der Waals surface area contributed by atoms with Crippen molar-refractivity contribution in [3.8, 4) is 16.8 Å². The van der Waals surface area contributed by atoms with Gasteiger partial charge in [-0.25, -0.2) is 4.99 Å². The van der Waals surface area contributed by atoms with E-state index >= 15 is 0 Å². The Kier molecular flexibility index (Phi) is 6.68. The van der Waals surface area contributed by atoms with Crippen molar-refractivity contribution in [3.05, 3.63) is 181 Å². The Hall–Kier alpha value is -6.78. The summed E-state index contributed by atoms with van der Waals surface area (Å²) in [5.74, 6) is 0.658. The second-order valence-electron chi connectivity index (χ2n) is 13.1. The van der Waals surface area contributed by atoms with Crippen LogP contribution in [0, 0.1) is 0 Å². The maximum Gasteiger partial charge on any atom is 0.154 e. The molecule has 0 atom stereocenters. The van der Waals surface area contributed by atoms with E-state index in [1.54, 1.807) is 0 Å². The van der Waals surface area contributed by atoms with Crippen molar-refractivity contribution in [1.82, 2.24) is 8.97 Å². The van der Waals surface area contributed by atoms with E-state index in [0.29, 0.717) is 12.4 Å². The van der Waals surface area contributed by atoms with Gasteiger partial charge in [0, 0.05) is 38.2 Å². The van der Waals surface area contributed by atoms with Gasteiger partial charge in [0.2, 0.25) is 0 Å². The van der Waals surface area contributed by atoms with E-state index in [9.17, 15) is 0 Å². The lowest BCUT2D eigenvalue weighted by Crippen LogP contribution is -1.97. The topological polar surface area (TPSA) is 34.1 Å². The third-order valence-corrected chi connectivity index (χ3v) is 10.2. The molecule has 0 saturated heterocycles. The fraction of sp³-hybridized carbons (Fsp3) is 0.0213. The monoisotopic (exact) mass is 652 g/mol. The Morgan fingerprint density at radius 3 is 1.88 bits per heavy atom. The molecule has 3 aromatic heterocycles. The lowest BCUT2D eigenvalue weighted by Gasteiger charge is -2.11. The average Bonchev–Trinajstić information content (AvgIpc) is 3.73. The molecule has 0 aliphatic heterocycles. The molecule has 0 N–H and O–H groups in total. The summed E-state index contributed by atoms with van der Waals surface area (Å²) in [7, 11) is 0. The number of aromatic nitrogens is 2. The van der Waals surface area contributed by atoms with Crippen molar-refractivity contribution in [1.29, 1.82) is 0 Å². The van der Waals surface area contributed by atoms with Crippen LogP contribution in [-0.4, -0.2) is 21.5 Å². The summed E-state index contributed by atoms with van der Waals surface area (Å²) < 4.78 is 4.87. The quantitative estimate of drug-likeness (QED) is 0.101. The van der Waals surface area contributed by atoms with Gasteiger partial charge in [0.1, 0.15) is 0 Å². The van der Waals surface area contributed by atoms with Crippen LogP contribution in [0.25, 0.3) is 76.7 Å². The van der Waals surface area contributed by atoms with E-state index < -0.39 is 0 Å². The van der Waals surface area contributed by atoms with Crippen LogP contribution in [0.15, 0.2) is 180 Å². The summed E-state index contributed by atoms with van der Waals surface area (Å²) in [4.78, 5) is 8.90. The zero-order valence-electron chi connectivity index (χ0n) is 27.9. The number of nitrogens with zero attached hydrogens (tertiary/aromatic N) is 4. The van der Waals surface area contributed by atoms with Gasteiger partial charge in [0.05, 0.1) is 34.1 Å². The fourth-order valence-corrected chi connectivity index (χ4v) is 7.86. The zero-order chi connectivity index (χ0) is 33.9. The van der Waals surface area contributed by atoms with Crippen molar-refractivity contribution in [2.24, 2.45) is 9.98 Å². The molecule has 0 spiro atoms. The van der Waals surface area contributed by atoms with Crippen molar-refractivity contribution < 1.29 is 0 Å². The second kappa shape index (κ2) is 11.7. The molecule has 0 unspecified atom stereocenters. The molecule has 0 saturated carbocycles. The first kappa shape index (κ1) is 29.2. The molecular formula is C47H32N4. The lowest BCUT2D eigenvalue weighted by molar-refractivity contribution is 1.06. The third-order valence-electron chi connectivity index (χ3n) is 10.2. The molecule has 0 radical (unpaired) electrons. The molecule has 51 heavy (non-hydrogen) atoms. The largest absolute Gasteiger partial charge is 0.309 e. The molecule has 0 bridgehead atoms. The van der Waals surface area contributed by atoms with Gasteiger partial charge in [0.15, 0.2) is 5.84 Å². The van der Waals surface area contributed by atoms with Gasteiger partial charge >= 0.3 is 0 Å². The smallest absolute Gasteiger partial charge is 0.154 e. The highest BCUT2D eigenvalue weighted by atomic mass is 15.0. The summed E-state index contributed by atoms with van der Waals surface area (Å²) >= 11 is 0. The minimum atomic E-state index is 0.542. The summed E-state index contributed by atoms with van der Waals surface area (Å²) in [6.45, 7) is 4.27. The van der Waals surface area contributed by atoms with Crippen LogP contribution in [0.2, 0.25) is 0 Å². The van der Waals surface area contributed by atoms with Gasteiger partial charge in [-0.2, -0.15) is 0 Å². The molecule has 0 fully saturated rings. The molecule has 240 valence electrons. The highest BCUT2D eigenvalue weighted by Gasteiger charge is 2.17. The number of para-hydroxylation sites is 2. The lowest BCUT2D eigenvalue weighted by atomic mass is 10.0. The SMILES string of the molecule is C=NC(=NCc1ccc(-c2cccc(-n3c4ccccc4c4cc5c(cc43)cc3c4ccccc4c4ccccc4n53)c2)cc1)c1ccccc1. The molecule has 0 amide bonds. The summed E-state index contributed by atoms with van der Waals surface area (Å²) in [6.07, 6.45) is 0. The number of aliphatic imine (C=N–C) groups is 2. The number of fused-ring (bicyclic) bond motifs is 11. The molecule has 7 aromatic carbocycles. The van der Waals surface area contributed by atoms with Crippen LogP contribution in [0.3, 0.4) is 0 Å². The Bertz CT molecular complexity index is 3000. The number of amidine groups is 1. The minimum Gasteiger partial charge on any atom is -0.309 e. The van der Waals surface area contributed by atoms with Crippen LogP contribution in [0.4, 0.5) is 0 Å². The van der Waals surface area contributed by atoms with Gasteiger partial charge in [-0.15, -0.1) is 0 Å². The molecule has 10 aromatic rings. The first-order chi connectivity index (χ1) is 25.2. The van der Waals surface area contributed by atoms with Crippen molar-refractivity contribution in [3.63, 3.8) is 0 Å². The highest BCUT2D eigenvalue weighted by Crippen LogP contribution is 2.39. The number of hydrogen-bond acceptors (Lipinski definition) is 1. The second-order valence-corrected chi connectivity index (χ2v) is 13.1. The van der Waals surface area contributed by atoms with Gasteiger partial charge in [-0.1, -0.05) is 127 Å². The third kappa shape index (κ3) is 4.68. The Morgan fingerprint density at radius 1 is 0.471 bits per heavy atom. The first-order valence-electron chi connectivity index (χ1n) is 17.3. The standard InChI is InChI=1S/C47H32N4/c1-48-47(33-12-3-2-4-13-33)49-30-31-22-24-32(25-23-31)34-14-11-15-36(26-34)50-42-20-9-8-19-40(42)41-29-44-35(28-46(41)50)27-45-39-18-6-5-16-37(39)38-17-7-10-21-43(38)51(44)45/h2-29H,1,30H2. The molecule has 4 heteroatoms. The van der Waals surface area contributed by atoms with Crippen LogP contribution < -0.4 is 0 Å². The molecule has 3 heterocycles. The number of benzene rings is 7. The van der Waals surface area contributed by atoms with E-state index in [-0.39, 0.29) is 0 Å². The van der Waals surface area contributed by atoms with E-state index in [1.165, 1.54) is 65.5 Å². The van der Waals surface area contributed by atoms with E-state index in [1.807, 2.05) is 30.3 Å². The van der Waals surface area contributed by atoms with Gasteiger partial charge in [-0.05, 0) is 71.3 Å². The van der Waals surface area contributed by atoms with E-state index in [0.717, 1.165) is 22.4 Å². The van der Waals surface area contributed by atoms with Gasteiger partial charge < -0.3 is 8.97 Å². The maximum absolute atomic E-state index is 4.74. The predicted octanol–water partition coefficient (Wildman–Crippen LogP) is 11.8. The molecule has 0 aliphatic carbocycles. The Balaban J connectivity index is 1.10. The van der Waals surface area contributed by atoms with Crippen molar-refractivity contribution in [2.45, 2.75) is 6.54 Å². The van der Waals surface area contributed by atoms with Crippen molar-refractivity contribution in [2.75, 3.05) is 0 Å². The first-order valence-corrected chi connectivity index (χ1v) is 17.3. The van der Waals surface area contributed by atoms with E-state index in [4.69, 9.17) is 4.99 Å². The number of rotatable bonds is 5. The highest BCUT2D eigenvalue weighted by molar-refractivity contribution is 6.19. The average molecular weight is 653 g/mol. The summed E-state index contributed by atoms with van der Waals surface area (Å²) in [5.41, 5.74) is 11.6. The van der Waals surface area contributed by atoms with E-state index in [2.05, 4.69) is 160 Å². The van der Waals surface area contributed by atoms with Crippen LogP contribution in [0.1, 0.15) is 11.1 Å². The zero-order valence-corrected chi connectivity index (χ0v) is 27.9. The van der Waals surface area contributed by atoms with Gasteiger partial charge in [-0.3, -0.25) is 4.99 Å². The van der Waals surface area contributed by atoms with Crippen LogP contribution in [-0.2, 0) is 6.54 Å². The maximum atomic E-state index is 4.74. The van der Waals surface area contributed by atoms with Crippen LogP contribution in [0.5, 0.6) is 0 Å². The number of pyridine rings is 1. The van der Waals surface area contributed by atoms with Crippen LogP contribution >= 0.6 is 0 Å². The van der Waals surface area contributed by atoms with Crippen molar-refractivity contribution >= 4 is 72.5 Å². The summed E-state index contributed by atoms with van der Waals surface area (Å²) in [5, 5.41) is 7.53. The molecule has 10 rings (SSSR count). The molecular weight excluding hydrogens is 621 g/mol. The summed E-state index contributed by atoms with van der Waals surface area (Å²) in [6, 6.07) is 61.0.